The van der Waals surface area contributed by atoms with Gasteiger partial charge in [0, 0.05) is 6.04 Å². The highest BCUT2D eigenvalue weighted by Gasteiger charge is 2.22. The molecular weight excluding hydrogens is 174 g/mol. The molecule has 2 aliphatic heterocycles. The smallest absolute Gasteiger partial charge is 0.0580 e. The molecule has 0 aromatic rings. The molecule has 0 radical (unpaired) electrons. The van der Waals surface area contributed by atoms with Crippen molar-refractivity contribution in [2.24, 2.45) is 0 Å². The van der Waals surface area contributed by atoms with Crippen LogP contribution >= 0.6 is 0 Å². The van der Waals surface area contributed by atoms with Crippen molar-refractivity contribution in [2.45, 2.75) is 70.1 Å². The van der Waals surface area contributed by atoms with Crippen molar-refractivity contribution in [1.29, 1.82) is 0 Å². The number of nitrogens with one attached hydrogen (secondary N) is 1. The molecule has 2 aliphatic rings. The Morgan fingerprint density at radius 2 is 2.07 bits per heavy atom. The Morgan fingerprint density at radius 1 is 1.14 bits per heavy atom. The van der Waals surface area contributed by atoms with Crippen LogP contribution in [0.2, 0.25) is 0 Å². The minimum absolute atomic E-state index is 0.513. The molecule has 0 saturated carbocycles. The first-order chi connectivity index (χ1) is 6.84. The molecule has 82 valence electrons. The second-order valence-corrected chi connectivity index (χ2v) is 4.87. The highest BCUT2D eigenvalue weighted by Crippen LogP contribution is 2.24. The van der Waals surface area contributed by atoms with Gasteiger partial charge >= 0.3 is 0 Å². The largest absolute Gasteiger partial charge is 0.375 e. The third-order valence-electron chi connectivity index (χ3n) is 3.57. The molecule has 3 atom stereocenters. The Labute approximate surface area is 87.4 Å². The first kappa shape index (κ1) is 10.4. The van der Waals surface area contributed by atoms with Gasteiger partial charge in [0.15, 0.2) is 0 Å². The quantitative estimate of drug-likeness (QED) is 0.750. The van der Waals surface area contributed by atoms with E-state index < -0.39 is 0 Å². The molecule has 2 rings (SSSR count). The van der Waals surface area contributed by atoms with Gasteiger partial charge in [0.25, 0.3) is 0 Å². The van der Waals surface area contributed by atoms with Crippen molar-refractivity contribution in [3.05, 3.63) is 0 Å². The average Bonchev–Trinajstić information content (AvgIpc) is 2.63. The predicted molar refractivity (Wildman–Crippen MR) is 58.4 cm³/mol. The number of hydrogen-bond donors (Lipinski definition) is 1. The van der Waals surface area contributed by atoms with Crippen LogP contribution in [0.4, 0.5) is 0 Å². The van der Waals surface area contributed by atoms with E-state index in [1.54, 1.807) is 0 Å². The van der Waals surface area contributed by atoms with Crippen LogP contribution in [0.3, 0.4) is 0 Å². The summed E-state index contributed by atoms with van der Waals surface area (Å²) in [6.07, 6.45) is 10.4. The highest BCUT2D eigenvalue weighted by molar-refractivity contribution is 4.76. The van der Waals surface area contributed by atoms with Crippen LogP contribution in [0.1, 0.15) is 51.9 Å². The summed E-state index contributed by atoms with van der Waals surface area (Å²) in [5.74, 6) is 0. The second-order valence-electron chi connectivity index (χ2n) is 4.87. The first-order valence-electron chi connectivity index (χ1n) is 6.23. The Morgan fingerprint density at radius 3 is 2.71 bits per heavy atom. The molecule has 1 N–H and O–H groups in total. The molecule has 2 heterocycles. The summed E-state index contributed by atoms with van der Waals surface area (Å²) in [5, 5.41) is 3.60. The molecule has 0 amide bonds. The van der Waals surface area contributed by atoms with Crippen LogP contribution in [-0.4, -0.2) is 24.8 Å². The highest BCUT2D eigenvalue weighted by atomic mass is 16.5. The maximum Gasteiger partial charge on any atom is 0.0580 e. The molecule has 14 heavy (non-hydrogen) atoms. The van der Waals surface area contributed by atoms with Crippen molar-refractivity contribution in [3.8, 4) is 0 Å². The summed E-state index contributed by atoms with van der Waals surface area (Å²) in [5.41, 5.74) is 0. The van der Waals surface area contributed by atoms with Crippen LogP contribution in [0.5, 0.6) is 0 Å². The summed E-state index contributed by atoms with van der Waals surface area (Å²) in [7, 11) is 0. The molecule has 0 aromatic carbocycles. The minimum Gasteiger partial charge on any atom is -0.375 e. The van der Waals surface area contributed by atoms with Gasteiger partial charge in [-0.2, -0.15) is 0 Å². The molecule has 0 aliphatic carbocycles. The maximum absolute atomic E-state index is 5.82. The monoisotopic (exact) mass is 197 g/mol. The van der Waals surface area contributed by atoms with Gasteiger partial charge in [-0.15, -0.1) is 0 Å². The first-order valence-corrected chi connectivity index (χ1v) is 6.23. The van der Waals surface area contributed by atoms with Crippen LogP contribution in [0, 0.1) is 0 Å². The lowest BCUT2D eigenvalue weighted by molar-refractivity contribution is 0.0475. The zero-order valence-electron chi connectivity index (χ0n) is 9.30. The summed E-state index contributed by atoms with van der Waals surface area (Å²) < 4.78 is 5.82. The molecular formula is C12H23NO. The van der Waals surface area contributed by atoms with Gasteiger partial charge in [0.1, 0.15) is 0 Å². The minimum atomic E-state index is 0.513. The van der Waals surface area contributed by atoms with Gasteiger partial charge in [-0.25, -0.2) is 0 Å². The normalized spacial score (nSPS) is 38.8. The fraction of sp³-hybridized carbons (Fsp3) is 1.00. The second kappa shape index (κ2) is 5.13. The van der Waals surface area contributed by atoms with E-state index in [1.165, 1.54) is 51.5 Å². The van der Waals surface area contributed by atoms with E-state index in [9.17, 15) is 0 Å². The van der Waals surface area contributed by atoms with Crippen molar-refractivity contribution in [1.82, 2.24) is 5.32 Å². The van der Waals surface area contributed by atoms with E-state index in [0.29, 0.717) is 12.2 Å². The fourth-order valence-corrected chi connectivity index (χ4v) is 2.66. The van der Waals surface area contributed by atoms with Crippen LogP contribution in [-0.2, 0) is 4.74 Å². The van der Waals surface area contributed by atoms with Gasteiger partial charge < -0.3 is 10.1 Å². The lowest BCUT2D eigenvalue weighted by Gasteiger charge is -2.24. The molecule has 2 nitrogen and oxygen atoms in total. The fourth-order valence-electron chi connectivity index (χ4n) is 2.66. The van der Waals surface area contributed by atoms with E-state index >= 15 is 0 Å². The number of ether oxygens (including phenoxy) is 1. The Hall–Kier alpha value is -0.0800. The molecule has 0 spiro atoms. The topological polar surface area (TPSA) is 21.3 Å². The predicted octanol–water partition coefficient (Wildman–Crippen LogP) is 2.48. The third kappa shape index (κ3) is 2.96. The van der Waals surface area contributed by atoms with Gasteiger partial charge in [0.05, 0.1) is 12.2 Å². The lowest BCUT2D eigenvalue weighted by atomic mass is 9.98. The van der Waals surface area contributed by atoms with Crippen molar-refractivity contribution < 1.29 is 4.74 Å². The third-order valence-corrected chi connectivity index (χ3v) is 3.57. The van der Waals surface area contributed by atoms with Crippen LogP contribution in [0.25, 0.3) is 0 Å². The average molecular weight is 197 g/mol. The Kier molecular flexibility index (Phi) is 3.82. The van der Waals surface area contributed by atoms with E-state index in [4.69, 9.17) is 4.74 Å². The molecule has 0 bridgehead atoms. The van der Waals surface area contributed by atoms with Crippen LogP contribution < -0.4 is 5.32 Å². The molecule has 2 heteroatoms. The summed E-state index contributed by atoms with van der Waals surface area (Å²) >= 11 is 0. The van der Waals surface area contributed by atoms with Gasteiger partial charge in [-0.1, -0.05) is 6.42 Å². The summed E-state index contributed by atoms with van der Waals surface area (Å²) in [6.45, 7) is 3.42. The number of rotatable bonds is 3. The van der Waals surface area contributed by atoms with Crippen LogP contribution in [0.15, 0.2) is 0 Å². The van der Waals surface area contributed by atoms with Crippen molar-refractivity contribution in [2.75, 3.05) is 6.54 Å². The Bertz CT molecular complexity index is 161. The standard InChI is InChI=1S/C12H23NO/c1-10-5-7-12(14-10)8-6-11-4-2-3-9-13-11/h10-13H,2-9H2,1H3. The van der Waals surface area contributed by atoms with E-state index in [1.807, 2.05) is 0 Å². The molecule has 3 unspecified atom stereocenters. The molecule has 0 aromatic heterocycles. The number of hydrogen-bond acceptors (Lipinski definition) is 2. The maximum atomic E-state index is 5.82. The zero-order chi connectivity index (χ0) is 9.80. The van der Waals surface area contributed by atoms with Crippen molar-refractivity contribution >= 4 is 0 Å². The van der Waals surface area contributed by atoms with Gasteiger partial charge in [0.2, 0.25) is 0 Å². The SMILES string of the molecule is CC1CCC(CCC2CCCCN2)O1. The number of piperidine rings is 1. The van der Waals surface area contributed by atoms with E-state index in [0.717, 1.165) is 6.04 Å². The Balaban J connectivity index is 1.61. The molecule has 2 saturated heterocycles. The van der Waals surface area contributed by atoms with Gasteiger partial charge in [-0.3, -0.25) is 0 Å². The zero-order valence-corrected chi connectivity index (χ0v) is 9.30. The lowest BCUT2D eigenvalue weighted by Crippen LogP contribution is -2.34. The summed E-state index contributed by atoms with van der Waals surface area (Å²) in [4.78, 5) is 0. The van der Waals surface area contributed by atoms with Gasteiger partial charge in [-0.05, 0) is 52.0 Å². The van der Waals surface area contributed by atoms with Crippen molar-refractivity contribution in [3.63, 3.8) is 0 Å². The van der Waals surface area contributed by atoms with E-state index in [2.05, 4.69) is 12.2 Å². The van der Waals surface area contributed by atoms with E-state index in [-0.39, 0.29) is 0 Å². The summed E-state index contributed by atoms with van der Waals surface area (Å²) in [6, 6.07) is 0.781. The molecule has 2 fully saturated rings.